The quantitative estimate of drug-likeness (QED) is 0.272. The van der Waals surface area contributed by atoms with Gasteiger partial charge in [-0.15, -0.1) is 0 Å². The van der Waals surface area contributed by atoms with Crippen molar-refractivity contribution >= 4 is 43.1 Å². The second kappa shape index (κ2) is 12.1. The van der Waals surface area contributed by atoms with E-state index in [1.165, 1.54) is 68.9 Å². The van der Waals surface area contributed by atoms with E-state index >= 15 is 0 Å². The van der Waals surface area contributed by atoms with E-state index in [0.29, 0.717) is 5.75 Å². The Bertz CT molecular complexity index is 1680. The summed E-state index contributed by atoms with van der Waals surface area (Å²) in [6.07, 6.45) is 1.46. The highest BCUT2D eigenvalue weighted by atomic mass is 32.2. The maximum absolute atomic E-state index is 13.7. The van der Waals surface area contributed by atoms with Crippen LogP contribution in [-0.2, 0) is 24.8 Å². The summed E-state index contributed by atoms with van der Waals surface area (Å²) in [7, 11) is -5.29. The lowest BCUT2D eigenvalue weighted by molar-refractivity contribution is -0.114. The summed E-state index contributed by atoms with van der Waals surface area (Å²) in [5, 5.41) is 2.62. The number of nitrogens with one attached hydrogen (secondary N) is 2. The van der Waals surface area contributed by atoms with Gasteiger partial charge < -0.3 is 14.8 Å². The summed E-state index contributed by atoms with van der Waals surface area (Å²) in [6.45, 7) is -0.554. The van der Waals surface area contributed by atoms with Crippen molar-refractivity contribution < 1.29 is 31.1 Å². The fourth-order valence-electron chi connectivity index (χ4n) is 3.68. The molecule has 4 rings (SSSR count). The van der Waals surface area contributed by atoms with Gasteiger partial charge in [-0.25, -0.2) is 21.8 Å². The first-order valence-electron chi connectivity index (χ1n) is 11.8. The molecule has 1 aromatic heterocycles. The molecular formula is C27H26N4O7S2. The Morgan fingerprint density at radius 1 is 0.800 bits per heavy atom. The molecule has 0 saturated heterocycles. The first-order valence-corrected chi connectivity index (χ1v) is 14.7. The average molecular weight is 583 g/mol. The average Bonchev–Trinajstić information content (AvgIpc) is 2.96. The molecule has 0 saturated carbocycles. The minimum absolute atomic E-state index is 0.0434. The Morgan fingerprint density at radius 2 is 1.45 bits per heavy atom. The Kier molecular flexibility index (Phi) is 8.55. The van der Waals surface area contributed by atoms with Crippen LogP contribution in [0, 0.1) is 0 Å². The summed E-state index contributed by atoms with van der Waals surface area (Å²) >= 11 is 0. The Labute approximate surface area is 232 Å². The van der Waals surface area contributed by atoms with E-state index in [0.717, 1.165) is 4.31 Å². The van der Waals surface area contributed by atoms with Crippen LogP contribution < -0.4 is 23.8 Å². The van der Waals surface area contributed by atoms with Crippen LogP contribution in [0.2, 0.25) is 0 Å². The number of benzene rings is 3. The van der Waals surface area contributed by atoms with Crippen molar-refractivity contribution in [2.45, 2.75) is 9.79 Å². The predicted molar refractivity (Wildman–Crippen MR) is 151 cm³/mol. The number of ether oxygens (including phenoxy) is 2. The van der Waals surface area contributed by atoms with Gasteiger partial charge in [0.05, 0.1) is 29.7 Å². The highest BCUT2D eigenvalue weighted by Crippen LogP contribution is 2.32. The van der Waals surface area contributed by atoms with E-state index in [4.69, 9.17) is 9.47 Å². The number of amides is 1. The van der Waals surface area contributed by atoms with Crippen LogP contribution in [0.3, 0.4) is 0 Å². The van der Waals surface area contributed by atoms with Crippen molar-refractivity contribution in [3.05, 3.63) is 97.2 Å². The number of hydrogen-bond donors (Lipinski definition) is 2. The summed E-state index contributed by atoms with van der Waals surface area (Å²) in [6, 6.07) is 22.6. The molecule has 40 heavy (non-hydrogen) atoms. The Morgan fingerprint density at radius 3 is 2.08 bits per heavy atom. The number of hydrogen-bond acceptors (Lipinski definition) is 8. The van der Waals surface area contributed by atoms with Gasteiger partial charge in [0.25, 0.3) is 20.0 Å². The van der Waals surface area contributed by atoms with Crippen LogP contribution in [0.5, 0.6) is 11.5 Å². The van der Waals surface area contributed by atoms with E-state index < -0.39 is 32.5 Å². The number of aromatic nitrogens is 1. The summed E-state index contributed by atoms with van der Waals surface area (Å²) in [4.78, 5) is 16.8. The van der Waals surface area contributed by atoms with Gasteiger partial charge in [0.2, 0.25) is 5.91 Å². The number of rotatable bonds is 11. The minimum atomic E-state index is -4.21. The van der Waals surface area contributed by atoms with Crippen LogP contribution in [0.4, 0.5) is 17.2 Å². The molecule has 0 aliphatic rings. The zero-order valence-electron chi connectivity index (χ0n) is 21.5. The topological polar surface area (TPSA) is 144 Å². The lowest BCUT2D eigenvalue weighted by Crippen LogP contribution is -2.38. The summed E-state index contributed by atoms with van der Waals surface area (Å²) < 4.78 is 66.4. The molecule has 3 aromatic carbocycles. The third-order valence-corrected chi connectivity index (χ3v) is 8.77. The van der Waals surface area contributed by atoms with Crippen molar-refractivity contribution in [3.8, 4) is 11.5 Å². The number of nitrogens with zero attached hydrogens (tertiary/aromatic N) is 2. The van der Waals surface area contributed by atoms with Crippen LogP contribution >= 0.6 is 0 Å². The minimum Gasteiger partial charge on any atom is -0.493 e. The van der Waals surface area contributed by atoms with Crippen molar-refractivity contribution in [2.75, 3.05) is 35.1 Å². The van der Waals surface area contributed by atoms with Gasteiger partial charge in [0.1, 0.15) is 12.4 Å². The number of methoxy groups -OCH3 is 2. The molecule has 0 atom stereocenters. The monoisotopic (exact) mass is 582 g/mol. The van der Waals surface area contributed by atoms with Gasteiger partial charge in [-0.2, -0.15) is 0 Å². The molecule has 0 radical (unpaired) electrons. The Balaban J connectivity index is 1.54. The van der Waals surface area contributed by atoms with Gasteiger partial charge in [0.15, 0.2) is 11.5 Å². The van der Waals surface area contributed by atoms with Crippen LogP contribution in [0.25, 0.3) is 0 Å². The van der Waals surface area contributed by atoms with Crippen LogP contribution in [0.1, 0.15) is 0 Å². The van der Waals surface area contributed by atoms with Crippen molar-refractivity contribution in [1.82, 2.24) is 4.98 Å². The first-order chi connectivity index (χ1) is 19.1. The molecule has 11 nitrogen and oxygen atoms in total. The third-order valence-electron chi connectivity index (χ3n) is 5.63. The molecule has 0 aliphatic heterocycles. The summed E-state index contributed by atoms with van der Waals surface area (Å²) in [5.74, 6) is 0.0893. The van der Waals surface area contributed by atoms with E-state index in [1.807, 2.05) is 0 Å². The standard InChI is InChI=1S/C27H26N4O7S2/c1-37-24-16-15-23(18-25(24)38-2)40(35,36)31(21-8-4-3-5-9-21)19-27(32)29-20-11-13-22(14-12-20)39(33,34)30-26-10-6-7-17-28-26/h3-18H,19H2,1-2H3,(H,28,30)(H,29,32). The number of carbonyl (C=O) groups excluding carboxylic acids is 1. The molecule has 13 heteroatoms. The normalized spacial score (nSPS) is 11.3. The number of carbonyl (C=O) groups is 1. The molecule has 0 aliphatic carbocycles. The molecule has 1 amide bonds. The molecule has 0 bridgehead atoms. The van der Waals surface area contributed by atoms with E-state index in [2.05, 4.69) is 15.0 Å². The number of para-hydroxylation sites is 1. The third kappa shape index (κ3) is 6.50. The van der Waals surface area contributed by atoms with E-state index in [-0.39, 0.29) is 32.7 Å². The van der Waals surface area contributed by atoms with Gasteiger partial charge in [0, 0.05) is 18.0 Å². The number of anilines is 3. The first kappa shape index (κ1) is 28.4. The van der Waals surface area contributed by atoms with Crippen molar-refractivity contribution in [2.24, 2.45) is 0 Å². The van der Waals surface area contributed by atoms with Crippen molar-refractivity contribution in [1.29, 1.82) is 0 Å². The van der Waals surface area contributed by atoms with Gasteiger partial charge in [-0.3, -0.25) is 13.8 Å². The molecule has 0 spiro atoms. The SMILES string of the molecule is COc1ccc(S(=O)(=O)N(CC(=O)Nc2ccc(S(=O)(=O)Nc3ccccn3)cc2)c2ccccc2)cc1OC. The predicted octanol–water partition coefficient (Wildman–Crippen LogP) is 3.73. The largest absolute Gasteiger partial charge is 0.493 e. The molecule has 2 N–H and O–H groups in total. The smallest absolute Gasteiger partial charge is 0.264 e. The molecule has 0 fully saturated rings. The van der Waals surface area contributed by atoms with Gasteiger partial charge >= 0.3 is 0 Å². The van der Waals surface area contributed by atoms with E-state index in [1.54, 1.807) is 42.5 Å². The second-order valence-electron chi connectivity index (χ2n) is 8.26. The Hall–Kier alpha value is -4.62. The maximum atomic E-state index is 13.7. The molecule has 1 heterocycles. The van der Waals surface area contributed by atoms with Gasteiger partial charge in [-0.1, -0.05) is 24.3 Å². The van der Waals surface area contributed by atoms with E-state index in [9.17, 15) is 21.6 Å². The van der Waals surface area contributed by atoms with Crippen molar-refractivity contribution in [3.63, 3.8) is 0 Å². The lowest BCUT2D eigenvalue weighted by atomic mass is 10.3. The zero-order chi connectivity index (χ0) is 28.8. The van der Waals surface area contributed by atoms with Crippen LogP contribution in [-0.4, -0.2) is 48.5 Å². The maximum Gasteiger partial charge on any atom is 0.264 e. The highest BCUT2D eigenvalue weighted by molar-refractivity contribution is 7.93. The fraction of sp³-hybridized carbons (Fsp3) is 0.111. The lowest BCUT2D eigenvalue weighted by Gasteiger charge is -2.24. The molecular weight excluding hydrogens is 556 g/mol. The number of sulfonamides is 2. The second-order valence-corrected chi connectivity index (χ2v) is 11.8. The zero-order valence-corrected chi connectivity index (χ0v) is 23.1. The van der Waals surface area contributed by atoms with Crippen LogP contribution in [0.15, 0.2) is 107 Å². The fourth-order valence-corrected chi connectivity index (χ4v) is 6.13. The molecule has 4 aromatic rings. The molecule has 208 valence electrons. The molecule has 0 unspecified atom stereocenters. The summed E-state index contributed by atoms with van der Waals surface area (Å²) in [5.41, 5.74) is 0.549. The highest BCUT2D eigenvalue weighted by Gasteiger charge is 2.28. The van der Waals surface area contributed by atoms with Gasteiger partial charge in [-0.05, 0) is 60.7 Å². The number of pyridine rings is 1.